The molecule has 1 aliphatic rings. The van der Waals surface area contributed by atoms with Gasteiger partial charge >= 0.3 is 0 Å². The molecule has 1 fully saturated rings. The molecule has 0 bridgehead atoms. The molecule has 2 nitrogen and oxygen atoms in total. The Morgan fingerprint density at radius 3 is 2.68 bits per heavy atom. The minimum atomic E-state index is 0.0342. The van der Waals surface area contributed by atoms with Crippen LogP contribution in [-0.2, 0) is 11.2 Å². The summed E-state index contributed by atoms with van der Waals surface area (Å²) in [6.45, 7) is 6.10. The van der Waals surface area contributed by atoms with E-state index in [2.05, 4.69) is 44.2 Å². The van der Waals surface area contributed by atoms with Gasteiger partial charge in [-0.15, -0.1) is 0 Å². The highest BCUT2D eigenvalue weighted by molar-refractivity contribution is 5.15. The van der Waals surface area contributed by atoms with Crippen LogP contribution in [0, 0.1) is 11.8 Å². The quantitative estimate of drug-likeness (QED) is 0.881. The average molecular weight is 261 g/mol. The third kappa shape index (κ3) is 4.32. The molecular formula is C17H27NO. The van der Waals surface area contributed by atoms with E-state index in [0.717, 1.165) is 38.3 Å². The van der Waals surface area contributed by atoms with E-state index in [1.807, 2.05) is 0 Å². The van der Waals surface area contributed by atoms with E-state index >= 15 is 0 Å². The molecule has 0 saturated carbocycles. The van der Waals surface area contributed by atoms with E-state index in [1.165, 1.54) is 12.0 Å². The third-order valence-corrected chi connectivity index (χ3v) is 4.28. The van der Waals surface area contributed by atoms with Gasteiger partial charge in [0.15, 0.2) is 0 Å². The molecule has 1 aromatic rings. The monoisotopic (exact) mass is 261 g/mol. The van der Waals surface area contributed by atoms with E-state index in [9.17, 15) is 0 Å². The molecule has 1 heterocycles. The molecule has 1 saturated heterocycles. The second-order valence-electron chi connectivity index (χ2n) is 6.39. The zero-order valence-corrected chi connectivity index (χ0v) is 12.3. The van der Waals surface area contributed by atoms with Gasteiger partial charge in [-0.05, 0) is 63.5 Å². The van der Waals surface area contributed by atoms with Crippen LogP contribution < -0.4 is 5.73 Å². The summed E-state index contributed by atoms with van der Waals surface area (Å²) in [5.74, 6) is 1.43. The molecule has 19 heavy (non-hydrogen) atoms. The summed E-state index contributed by atoms with van der Waals surface area (Å²) in [6.07, 6.45) is 4.61. The molecule has 0 amide bonds. The van der Waals surface area contributed by atoms with Crippen LogP contribution in [0.25, 0.3) is 0 Å². The molecule has 2 N–H and O–H groups in total. The average Bonchev–Trinajstić information content (AvgIpc) is 2.38. The van der Waals surface area contributed by atoms with Crippen molar-refractivity contribution in [3.05, 3.63) is 35.9 Å². The van der Waals surface area contributed by atoms with E-state index in [1.54, 1.807) is 0 Å². The molecule has 0 aliphatic carbocycles. The molecule has 1 aliphatic heterocycles. The highest BCUT2D eigenvalue weighted by Gasteiger charge is 2.33. The maximum atomic E-state index is 5.84. The molecule has 1 aromatic carbocycles. The van der Waals surface area contributed by atoms with Crippen LogP contribution in [0.5, 0.6) is 0 Å². The largest absolute Gasteiger partial charge is 0.376 e. The lowest BCUT2D eigenvalue weighted by Crippen LogP contribution is -2.37. The summed E-state index contributed by atoms with van der Waals surface area (Å²) >= 11 is 0. The molecule has 0 radical (unpaired) electrons. The van der Waals surface area contributed by atoms with Crippen molar-refractivity contribution in [2.24, 2.45) is 17.6 Å². The van der Waals surface area contributed by atoms with Gasteiger partial charge in [0, 0.05) is 6.61 Å². The SMILES string of the molecule is CC1(C)C[C@@H]([C@H](CCN)Cc2ccccc2)CCO1. The Morgan fingerprint density at radius 1 is 1.32 bits per heavy atom. The van der Waals surface area contributed by atoms with Crippen LogP contribution >= 0.6 is 0 Å². The van der Waals surface area contributed by atoms with E-state index in [-0.39, 0.29) is 5.60 Å². The Bertz CT molecular complexity index is 374. The van der Waals surface area contributed by atoms with Gasteiger partial charge in [0.25, 0.3) is 0 Å². The zero-order chi connectivity index (χ0) is 13.7. The summed E-state index contributed by atoms with van der Waals surface area (Å²) in [4.78, 5) is 0. The van der Waals surface area contributed by atoms with Gasteiger partial charge in [-0.1, -0.05) is 30.3 Å². The molecule has 106 valence electrons. The second kappa shape index (κ2) is 6.53. The molecule has 2 heteroatoms. The molecule has 0 spiro atoms. The Balaban J connectivity index is 2.03. The van der Waals surface area contributed by atoms with Gasteiger partial charge in [0.1, 0.15) is 0 Å². The van der Waals surface area contributed by atoms with Gasteiger partial charge in [-0.3, -0.25) is 0 Å². The van der Waals surface area contributed by atoms with Crippen LogP contribution in [-0.4, -0.2) is 18.8 Å². The first kappa shape index (κ1) is 14.5. The number of hydrogen-bond acceptors (Lipinski definition) is 2. The van der Waals surface area contributed by atoms with Crippen molar-refractivity contribution < 1.29 is 4.74 Å². The zero-order valence-electron chi connectivity index (χ0n) is 12.3. The Labute approximate surface area is 117 Å². The minimum Gasteiger partial charge on any atom is -0.376 e. The fourth-order valence-electron chi connectivity index (χ4n) is 3.32. The van der Waals surface area contributed by atoms with Crippen molar-refractivity contribution in [2.45, 2.75) is 45.1 Å². The third-order valence-electron chi connectivity index (χ3n) is 4.28. The van der Waals surface area contributed by atoms with Crippen LogP contribution in [0.3, 0.4) is 0 Å². The maximum Gasteiger partial charge on any atom is 0.0629 e. The lowest BCUT2D eigenvalue weighted by Gasteiger charge is -2.39. The fraction of sp³-hybridized carbons (Fsp3) is 0.647. The molecular weight excluding hydrogens is 234 g/mol. The van der Waals surface area contributed by atoms with Gasteiger partial charge in [-0.25, -0.2) is 0 Å². The van der Waals surface area contributed by atoms with Crippen molar-refractivity contribution in [1.29, 1.82) is 0 Å². The Morgan fingerprint density at radius 2 is 2.05 bits per heavy atom. The first-order chi connectivity index (χ1) is 9.11. The van der Waals surface area contributed by atoms with E-state index in [0.29, 0.717) is 5.92 Å². The number of hydrogen-bond donors (Lipinski definition) is 1. The van der Waals surface area contributed by atoms with Crippen molar-refractivity contribution in [3.8, 4) is 0 Å². The lowest BCUT2D eigenvalue weighted by molar-refractivity contribution is -0.0829. The normalized spacial score (nSPS) is 24.1. The van der Waals surface area contributed by atoms with Crippen molar-refractivity contribution in [2.75, 3.05) is 13.2 Å². The Kier molecular flexibility index (Phi) is 5.00. The van der Waals surface area contributed by atoms with Gasteiger partial charge < -0.3 is 10.5 Å². The predicted molar refractivity (Wildman–Crippen MR) is 80.1 cm³/mol. The Hall–Kier alpha value is -0.860. The first-order valence-electron chi connectivity index (χ1n) is 7.49. The summed E-state index contributed by atoms with van der Waals surface area (Å²) in [6, 6.07) is 10.8. The van der Waals surface area contributed by atoms with Crippen LogP contribution in [0.1, 0.15) is 38.7 Å². The summed E-state index contributed by atoms with van der Waals surface area (Å²) in [7, 11) is 0. The van der Waals surface area contributed by atoms with Gasteiger partial charge in [0.2, 0.25) is 0 Å². The lowest BCUT2D eigenvalue weighted by atomic mass is 9.76. The summed E-state index contributed by atoms with van der Waals surface area (Å²) in [5.41, 5.74) is 7.30. The second-order valence-corrected chi connectivity index (χ2v) is 6.39. The number of nitrogens with two attached hydrogens (primary N) is 1. The maximum absolute atomic E-state index is 5.84. The topological polar surface area (TPSA) is 35.2 Å². The minimum absolute atomic E-state index is 0.0342. The van der Waals surface area contributed by atoms with Crippen molar-refractivity contribution >= 4 is 0 Å². The molecule has 2 rings (SSSR count). The van der Waals surface area contributed by atoms with Crippen LogP contribution in [0.4, 0.5) is 0 Å². The van der Waals surface area contributed by atoms with E-state index in [4.69, 9.17) is 10.5 Å². The van der Waals surface area contributed by atoms with Gasteiger partial charge in [-0.2, -0.15) is 0 Å². The highest BCUT2D eigenvalue weighted by atomic mass is 16.5. The van der Waals surface area contributed by atoms with Crippen LogP contribution in [0.2, 0.25) is 0 Å². The molecule has 0 aromatic heterocycles. The number of benzene rings is 1. The number of ether oxygens (including phenoxy) is 1. The van der Waals surface area contributed by atoms with Crippen molar-refractivity contribution in [3.63, 3.8) is 0 Å². The first-order valence-corrected chi connectivity index (χ1v) is 7.49. The van der Waals surface area contributed by atoms with Crippen molar-refractivity contribution in [1.82, 2.24) is 0 Å². The molecule has 2 atom stereocenters. The molecule has 0 unspecified atom stereocenters. The smallest absolute Gasteiger partial charge is 0.0629 e. The van der Waals surface area contributed by atoms with Crippen LogP contribution in [0.15, 0.2) is 30.3 Å². The predicted octanol–water partition coefficient (Wildman–Crippen LogP) is 3.40. The summed E-state index contributed by atoms with van der Waals surface area (Å²) < 4.78 is 5.84. The highest BCUT2D eigenvalue weighted by Crippen LogP contribution is 2.36. The summed E-state index contributed by atoms with van der Waals surface area (Å²) in [5, 5.41) is 0. The van der Waals surface area contributed by atoms with E-state index < -0.39 is 0 Å². The van der Waals surface area contributed by atoms with Gasteiger partial charge in [0.05, 0.1) is 5.60 Å². The standard InChI is InChI=1S/C17H27NO/c1-17(2)13-16(9-11-19-17)15(8-10-18)12-14-6-4-3-5-7-14/h3-7,15-16H,8-13,18H2,1-2H3/t15-,16+/m1/s1. The number of rotatable bonds is 5. The fourth-order valence-corrected chi connectivity index (χ4v) is 3.32.